The van der Waals surface area contributed by atoms with Crippen molar-refractivity contribution >= 4 is 34.6 Å². The molecule has 64 valence electrons. The number of hydrogen-bond donors (Lipinski definition) is 2. The van der Waals surface area contributed by atoms with Crippen molar-refractivity contribution in [1.82, 2.24) is 0 Å². The maximum absolute atomic E-state index is 9.41. The van der Waals surface area contributed by atoms with E-state index in [0.29, 0.717) is 5.75 Å². The van der Waals surface area contributed by atoms with Crippen LogP contribution in [0.2, 0.25) is 0 Å². The van der Waals surface area contributed by atoms with Gasteiger partial charge in [-0.25, -0.2) is 0 Å². The molecule has 1 rings (SSSR count). The standard InChI is InChI=1S/C9H9BrOS/c10-8-4-1-5-9(11)7(8)3-2-6-12/h1-5,11-12H,6H2. The SMILES string of the molecule is Oc1cccc(Br)c1C=CCS. The van der Waals surface area contributed by atoms with Crippen molar-refractivity contribution in [2.24, 2.45) is 0 Å². The second kappa shape index (κ2) is 4.58. The molecular formula is C9H9BrOS. The molecule has 1 aromatic rings. The maximum atomic E-state index is 9.41. The summed E-state index contributed by atoms with van der Waals surface area (Å²) in [6.45, 7) is 0. The number of aromatic hydroxyl groups is 1. The number of phenols is 1. The fraction of sp³-hybridized carbons (Fsp3) is 0.111. The molecule has 1 aromatic carbocycles. The molecule has 3 heteroatoms. The number of phenolic OH excluding ortho intramolecular Hbond substituents is 1. The van der Waals surface area contributed by atoms with Gasteiger partial charge < -0.3 is 5.11 Å². The van der Waals surface area contributed by atoms with E-state index in [0.717, 1.165) is 10.0 Å². The van der Waals surface area contributed by atoms with Gasteiger partial charge >= 0.3 is 0 Å². The van der Waals surface area contributed by atoms with Crippen LogP contribution in [0, 0.1) is 0 Å². The smallest absolute Gasteiger partial charge is 0.123 e. The van der Waals surface area contributed by atoms with Crippen LogP contribution < -0.4 is 0 Å². The summed E-state index contributed by atoms with van der Waals surface area (Å²) in [5, 5.41) is 9.41. The Bertz CT molecular complexity index is 276. The molecule has 1 nitrogen and oxygen atoms in total. The summed E-state index contributed by atoms with van der Waals surface area (Å²) < 4.78 is 0.889. The van der Waals surface area contributed by atoms with E-state index in [1.54, 1.807) is 12.1 Å². The Hall–Kier alpha value is -0.410. The molecule has 0 aliphatic rings. The van der Waals surface area contributed by atoms with Gasteiger partial charge in [-0.1, -0.05) is 34.1 Å². The van der Waals surface area contributed by atoms with Crippen molar-refractivity contribution < 1.29 is 5.11 Å². The lowest BCUT2D eigenvalue weighted by molar-refractivity contribution is 0.473. The Balaban J connectivity index is 3.04. The molecule has 0 aliphatic heterocycles. The van der Waals surface area contributed by atoms with Crippen molar-refractivity contribution in [2.75, 3.05) is 5.75 Å². The molecule has 0 atom stereocenters. The van der Waals surface area contributed by atoms with Gasteiger partial charge in [-0.15, -0.1) is 0 Å². The Morgan fingerprint density at radius 1 is 1.50 bits per heavy atom. The molecule has 0 heterocycles. The molecule has 0 saturated carbocycles. The molecule has 0 bridgehead atoms. The van der Waals surface area contributed by atoms with E-state index < -0.39 is 0 Å². The van der Waals surface area contributed by atoms with E-state index >= 15 is 0 Å². The minimum Gasteiger partial charge on any atom is -0.507 e. The van der Waals surface area contributed by atoms with E-state index in [-0.39, 0.29) is 5.75 Å². The predicted octanol–water partition coefficient (Wildman–Crippen LogP) is 3.10. The average Bonchev–Trinajstić information content (AvgIpc) is 2.04. The average molecular weight is 245 g/mol. The number of rotatable bonds is 2. The summed E-state index contributed by atoms with van der Waals surface area (Å²) >= 11 is 7.38. The molecule has 0 fully saturated rings. The first-order chi connectivity index (χ1) is 5.75. The Morgan fingerprint density at radius 3 is 2.83 bits per heavy atom. The molecule has 12 heavy (non-hydrogen) atoms. The van der Waals surface area contributed by atoms with Crippen LogP contribution in [0.25, 0.3) is 6.08 Å². The number of hydrogen-bond acceptors (Lipinski definition) is 2. The summed E-state index contributed by atoms with van der Waals surface area (Å²) in [7, 11) is 0. The van der Waals surface area contributed by atoms with E-state index in [1.165, 1.54) is 0 Å². The van der Waals surface area contributed by atoms with Gasteiger partial charge in [0.25, 0.3) is 0 Å². The molecule has 0 spiro atoms. The molecule has 1 N–H and O–H groups in total. The van der Waals surface area contributed by atoms with E-state index in [2.05, 4.69) is 28.6 Å². The summed E-state index contributed by atoms with van der Waals surface area (Å²) in [6.07, 6.45) is 3.72. The highest BCUT2D eigenvalue weighted by atomic mass is 79.9. The summed E-state index contributed by atoms with van der Waals surface area (Å²) in [4.78, 5) is 0. The van der Waals surface area contributed by atoms with Gasteiger partial charge in [0.05, 0.1) is 0 Å². The first-order valence-corrected chi connectivity index (χ1v) is 4.93. The third-order valence-corrected chi connectivity index (χ3v) is 2.32. The first-order valence-electron chi connectivity index (χ1n) is 3.50. The molecule has 0 aliphatic carbocycles. The second-order valence-corrected chi connectivity index (χ2v) is 3.48. The quantitative estimate of drug-likeness (QED) is 0.767. The van der Waals surface area contributed by atoms with Gasteiger partial charge in [0.2, 0.25) is 0 Å². The fourth-order valence-electron chi connectivity index (χ4n) is 0.861. The van der Waals surface area contributed by atoms with Gasteiger partial charge in [0.1, 0.15) is 5.75 Å². The fourth-order valence-corrected chi connectivity index (χ4v) is 1.45. The first kappa shape index (κ1) is 9.68. The molecule has 0 radical (unpaired) electrons. The van der Waals surface area contributed by atoms with E-state index in [1.807, 2.05) is 18.2 Å². The minimum absolute atomic E-state index is 0.280. The van der Waals surface area contributed by atoms with Crippen LogP contribution in [0.4, 0.5) is 0 Å². The lowest BCUT2D eigenvalue weighted by atomic mass is 10.2. The van der Waals surface area contributed by atoms with Crippen molar-refractivity contribution in [3.63, 3.8) is 0 Å². The zero-order valence-corrected chi connectivity index (χ0v) is 8.85. The molecule has 0 unspecified atom stereocenters. The Kier molecular flexibility index (Phi) is 3.69. The van der Waals surface area contributed by atoms with Crippen LogP contribution in [-0.4, -0.2) is 10.9 Å². The van der Waals surface area contributed by atoms with Crippen molar-refractivity contribution in [2.45, 2.75) is 0 Å². The summed E-state index contributed by atoms with van der Waals surface area (Å²) in [6, 6.07) is 5.33. The Morgan fingerprint density at radius 2 is 2.25 bits per heavy atom. The monoisotopic (exact) mass is 244 g/mol. The van der Waals surface area contributed by atoms with Crippen LogP contribution in [0.1, 0.15) is 5.56 Å². The molecule has 0 aromatic heterocycles. The van der Waals surface area contributed by atoms with Crippen LogP contribution in [0.15, 0.2) is 28.7 Å². The van der Waals surface area contributed by atoms with Gasteiger partial charge in [-0.3, -0.25) is 0 Å². The van der Waals surface area contributed by atoms with E-state index in [4.69, 9.17) is 0 Å². The minimum atomic E-state index is 0.280. The van der Waals surface area contributed by atoms with Crippen molar-refractivity contribution in [3.05, 3.63) is 34.3 Å². The predicted molar refractivity (Wildman–Crippen MR) is 58.7 cm³/mol. The van der Waals surface area contributed by atoms with Gasteiger partial charge in [0, 0.05) is 15.8 Å². The zero-order chi connectivity index (χ0) is 8.97. The summed E-state index contributed by atoms with van der Waals surface area (Å²) in [5.41, 5.74) is 0.798. The van der Waals surface area contributed by atoms with Gasteiger partial charge in [0.15, 0.2) is 0 Å². The van der Waals surface area contributed by atoms with Crippen LogP contribution in [0.5, 0.6) is 5.75 Å². The largest absolute Gasteiger partial charge is 0.507 e. The maximum Gasteiger partial charge on any atom is 0.123 e. The second-order valence-electron chi connectivity index (χ2n) is 2.26. The van der Waals surface area contributed by atoms with Crippen LogP contribution >= 0.6 is 28.6 Å². The van der Waals surface area contributed by atoms with Gasteiger partial charge in [-0.05, 0) is 12.1 Å². The highest BCUT2D eigenvalue weighted by Crippen LogP contribution is 2.26. The third-order valence-electron chi connectivity index (χ3n) is 1.42. The van der Waals surface area contributed by atoms with Crippen molar-refractivity contribution in [1.29, 1.82) is 0 Å². The lowest BCUT2D eigenvalue weighted by Crippen LogP contribution is -1.76. The molecule has 0 saturated heterocycles. The molecular weight excluding hydrogens is 236 g/mol. The van der Waals surface area contributed by atoms with Crippen LogP contribution in [-0.2, 0) is 0 Å². The zero-order valence-electron chi connectivity index (χ0n) is 6.37. The number of thiol groups is 1. The highest BCUT2D eigenvalue weighted by Gasteiger charge is 1.99. The van der Waals surface area contributed by atoms with Crippen LogP contribution in [0.3, 0.4) is 0 Å². The highest BCUT2D eigenvalue weighted by molar-refractivity contribution is 9.10. The number of halogens is 1. The lowest BCUT2D eigenvalue weighted by Gasteiger charge is -2.00. The van der Waals surface area contributed by atoms with E-state index in [9.17, 15) is 5.11 Å². The van der Waals surface area contributed by atoms with Gasteiger partial charge in [-0.2, -0.15) is 12.6 Å². The topological polar surface area (TPSA) is 20.2 Å². The normalized spacial score (nSPS) is 10.8. The molecule has 0 amide bonds. The summed E-state index contributed by atoms with van der Waals surface area (Å²) in [5.74, 6) is 0.947. The third kappa shape index (κ3) is 2.29. The van der Waals surface area contributed by atoms with Crippen molar-refractivity contribution in [3.8, 4) is 5.75 Å². The number of benzene rings is 1. The Labute approximate surface area is 85.7 Å².